The summed E-state index contributed by atoms with van der Waals surface area (Å²) in [7, 11) is 1.88. The molecule has 0 amide bonds. The molecule has 0 aromatic carbocycles. The van der Waals surface area contributed by atoms with Crippen molar-refractivity contribution in [3.05, 3.63) is 27.1 Å². The molecule has 0 spiro atoms. The average Bonchev–Trinajstić information content (AvgIpc) is 2.70. The first-order valence-corrected chi connectivity index (χ1v) is 6.96. The second kappa shape index (κ2) is 5.32. The van der Waals surface area contributed by atoms with Crippen molar-refractivity contribution in [2.75, 3.05) is 0 Å². The Labute approximate surface area is 120 Å². The number of rotatable bonds is 3. The van der Waals surface area contributed by atoms with Crippen molar-refractivity contribution in [1.82, 2.24) is 19.7 Å². The lowest BCUT2D eigenvalue weighted by Gasteiger charge is -2.09. The first-order valence-electron chi connectivity index (χ1n) is 5.76. The lowest BCUT2D eigenvalue weighted by Crippen LogP contribution is -2.03. The van der Waals surface area contributed by atoms with Crippen LogP contribution in [-0.2, 0) is 13.5 Å². The smallest absolute Gasteiger partial charge is 0.159 e. The molecule has 0 bridgehead atoms. The minimum Gasteiger partial charge on any atom is -0.341 e. The number of hydrogen-bond acceptors (Lipinski definition) is 3. The van der Waals surface area contributed by atoms with Crippen molar-refractivity contribution in [3.8, 4) is 11.5 Å². The average molecular weight is 327 g/mol. The van der Waals surface area contributed by atoms with E-state index in [1.165, 1.54) is 0 Å². The lowest BCUT2D eigenvalue weighted by atomic mass is 10.1. The summed E-state index contributed by atoms with van der Waals surface area (Å²) in [6, 6.07) is 1.92. The maximum atomic E-state index is 5.28. The molecule has 0 atom stereocenters. The van der Waals surface area contributed by atoms with E-state index in [-0.39, 0.29) is 0 Å². The van der Waals surface area contributed by atoms with E-state index in [1.54, 1.807) is 4.68 Å². The molecule has 2 aromatic rings. The van der Waals surface area contributed by atoms with E-state index in [0.717, 1.165) is 28.1 Å². The minimum atomic E-state index is 0.547. The molecule has 0 fully saturated rings. The van der Waals surface area contributed by atoms with Crippen LogP contribution in [0.25, 0.3) is 11.5 Å². The van der Waals surface area contributed by atoms with Gasteiger partial charge in [0.2, 0.25) is 0 Å². The Morgan fingerprint density at radius 1 is 1.50 bits per heavy atom. The summed E-state index contributed by atoms with van der Waals surface area (Å²) in [5.41, 5.74) is 1.88. The Morgan fingerprint density at radius 2 is 2.22 bits per heavy atom. The molecule has 2 rings (SSSR count). The molecule has 0 unspecified atom stereocenters. The fourth-order valence-corrected chi connectivity index (χ4v) is 2.28. The van der Waals surface area contributed by atoms with Crippen molar-refractivity contribution in [2.45, 2.75) is 20.3 Å². The number of aromatic nitrogens is 4. The van der Waals surface area contributed by atoms with Crippen LogP contribution >= 0.6 is 28.1 Å². The van der Waals surface area contributed by atoms with Gasteiger partial charge in [0.25, 0.3) is 0 Å². The number of nitrogens with one attached hydrogen (secondary N) is 1. The zero-order valence-corrected chi connectivity index (χ0v) is 13.0. The SMILES string of the molecule is CC(C)Cc1[nH]c(-c2ccn(C)n2)nc(=S)c1Br. The Bertz CT molecular complexity index is 615. The van der Waals surface area contributed by atoms with Gasteiger partial charge < -0.3 is 4.98 Å². The van der Waals surface area contributed by atoms with Crippen molar-refractivity contribution in [3.63, 3.8) is 0 Å². The lowest BCUT2D eigenvalue weighted by molar-refractivity contribution is 0.631. The maximum Gasteiger partial charge on any atom is 0.159 e. The molecule has 2 aromatic heterocycles. The van der Waals surface area contributed by atoms with E-state index in [4.69, 9.17) is 12.2 Å². The Balaban J connectivity index is 2.50. The highest BCUT2D eigenvalue weighted by Crippen LogP contribution is 2.22. The summed E-state index contributed by atoms with van der Waals surface area (Å²) in [6.45, 7) is 4.34. The minimum absolute atomic E-state index is 0.547. The van der Waals surface area contributed by atoms with Crippen LogP contribution in [-0.4, -0.2) is 19.7 Å². The van der Waals surface area contributed by atoms with Crippen molar-refractivity contribution in [1.29, 1.82) is 0 Å². The number of H-pyrrole nitrogens is 1. The highest BCUT2D eigenvalue weighted by atomic mass is 79.9. The van der Waals surface area contributed by atoms with Gasteiger partial charge in [-0.1, -0.05) is 26.1 Å². The van der Waals surface area contributed by atoms with Crippen LogP contribution in [0.15, 0.2) is 16.7 Å². The number of aromatic amines is 1. The molecule has 96 valence electrons. The van der Waals surface area contributed by atoms with E-state index in [9.17, 15) is 0 Å². The number of hydrogen-bond donors (Lipinski definition) is 1. The molecule has 1 N–H and O–H groups in total. The predicted molar refractivity (Wildman–Crippen MR) is 77.9 cm³/mol. The Hall–Kier alpha value is -1.01. The zero-order valence-electron chi connectivity index (χ0n) is 10.6. The molecular formula is C12H15BrN4S. The normalized spacial score (nSPS) is 11.2. The molecule has 0 aliphatic heterocycles. The molecule has 0 radical (unpaired) electrons. The zero-order chi connectivity index (χ0) is 13.3. The number of nitrogens with zero attached hydrogens (tertiary/aromatic N) is 3. The van der Waals surface area contributed by atoms with Crippen molar-refractivity contribution < 1.29 is 0 Å². The van der Waals surface area contributed by atoms with Crippen molar-refractivity contribution >= 4 is 28.1 Å². The topological polar surface area (TPSA) is 46.5 Å². The van der Waals surface area contributed by atoms with Crippen LogP contribution in [0.4, 0.5) is 0 Å². The largest absolute Gasteiger partial charge is 0.341 e. The molecule has 6 heteroatoms. The summed E-state index contributed by atoms with van der Waals surface area (Å²) in [6.07, 6.45) is 2.81. The number of aryl methyl sites for hydroxylation is 1. The van der Waals surface area contributed by atoms with E-state index in [1.807, 2.05) is 19.3 Å². The van der Waals surface area contributed by atoms with E-state index in [2.05, 4.69) is 44.8 Å². The second-order valence-corrected chi connectivity index (χ2v) is 5.84. The number of halogens is 1. The molecular weight excluding hydrogens is 312 g/mol. The van der Waals surface area contributed by atoms with Gasteiger partial charge in [0, 0.05) is 18.9 Å². The fourth-order valence-electron chi connectivity index (χ4n) is 1.72. The fraction of sp³-hybridized carbons (Fsp3) is 0.417. The van der Waals surface area contributed by atoms with Gasteiger partial charge in [-0.15, -0.1) is 0 Å². The van der Waals surface area contributed by atoms with Crippen LogP contribution in [0.5, 0.6) is 0 Å². The highest BCUT2D eigenvalue weighted by Gasteiger charge is 2.11. The van der Waals surface area contributed by atoms with Crippen molar-refractivity contribution in [2.24, 2.45) is 13.0 Å². The molecule has 0 aliphatic carbocycles. The monoisotopic (exact) mass is 326 g/mol. The van der Waals surface area contributed by atoms with Crippen LogP contribution in [0, 0.1) is 10.6 Å². The highest BCUT2D eigenvalue weighted by molar-refractivity contribution is 9.10. The van der Waals surface area contributed by atoms with Gasteiger partial charge >= 0.3 is 0 Å². The Kier molecular flexibility index (Phi) is 3.97. The van der Waals surface area contributed by atoms with Gasteiger partial charge in [0.15, 0.2) is 5.82 Å². The van der Waals surface area contributed by atoms with E-state index < -0.39 is 0 Å². The van der Waals surface area contributed by atoms with Gasteiger partial charge in [0.1, 0.15) is 10.3 Å². The summed E-state index contributed by atoms with van der Waals surface area (Å²) in [5.74, 6) is 1.27. The van der Waals surface area contributed by atoms with Gasteiger partial charge in [0.05, 0.1) is 4.47 Å². The molecule has 4 nitrogen and oxygen atoms in total. The van der Waals surface area contributed by atoms with Crippen LogP contribution in [0.2, 0.25) is 0 Å². The first-order chi connectivity index (χ1) is 8.47. The first kappa shape index (κ1) is 13.4. The Morgan fingerprint density at radius 3 is 2.78 bits per heavy atom. The second-order valence-electron chi connectivity index (χ2n) is 4.66. The molecule has 0 saturated heterocycles. The predicted octanol–water partition coefficient (Wildman–Crippen LogP) is 3.50. The van der Waals surface area contributed by atoms with Gasteiger partial charge in [-0.2, -0.15) is 5.10 Å². The quantitative estimate of drug-likeness (QED) is 0.878. The van der Waals surface area contributed by atoms with E-state index in [0.29, 0.717) is 10.6 Å². The summed E-state index contributed by atoms with van der Waals surface area (Å²) in [5, 5.41) is 4.33. The summed E-state index contributed by atoms with van der Waals surface area (Å²) >= 11 is 8.77. The van der Waals surface area contributed by atoms with E-state index >= 15 is 0 Å². The molecule has 0 aliphatic rings. The third kappa shape index (κ3) is 2.87. The molecule has 2 heterocycles. The van der Waals surface area contributed by atoms with Gasteiger partial charge in [-0.25, -0.2) is 4.98 Å². The maximum absolute atomic E-state index is 5.28. The summed E-state index contributed by atoms with van der Waals surface area (Å²) < 4.78 is 3.20. The van der Waals surface area contributed by atoms with Crippen LogP contribution in [0.3, 0.4) is 0 Å². The summed E-state index contributed by atoms with van der Waals surface area (Å²) in [4.78, 5) is 7.67. The molecule has 0 saturated carbocycles. The van der Waals surface area contributed by atoms with Gasteiger partial charge in [-0.05, 0) is 34.3 Å². The molecule has 18 heavy (non-hydrogen) atoms. The standard InChI is InChI=1S/C12H15BrN4S/c1-7(2)6-9-10(13)12(18)15-11(14-9)8-4-5-17(3)16-8/h4-5,7H,6H2,1-3H3,(H,14,15,18). The van der Waals surface area contributed by atoms with Crippen LogP contribution < -0.4 is 0 Å². The van der Waals surface area contributed by atoms with Gasteiger partial charge in [-0.3, -0.25) is 4.68 Å². The van der Waals surface area contributed by atoms with Crippen LogP contribution in [0.1, 0.15) is 19.5 Å². The third-order valence-corrected chi connectivity index (χ3v) is 3.92. The third-order valence-electron chi connectivity index (χ3n) is 2.50.